The molecule has 0 spiro atoms. The maximum atomic E-state index is 12.6. The van der Waals surface area contributed by atoms with Gasteiger partial charge in [-0.1, -0.05) is 24.3 Å². The Balaban J connectivity index is 1.81. The Bertz CT molecular complexity index is 1070. The standard InChI is InChI=1S/C20H17BrN2O3S/c1-26-20-11-10-18(14-19(20)21)27(24,25)23-17-7-4-5-15(13-17)8-9-16-6-2-3-12-22-16/h2-14,23H,1H3/b9-8+. The van der Waals surface area contributed by atoms with Crippen molar-refractivity contribution in [2.75, 3.05) is 11.8 Å². The molecule has 2 aromatic carbocycles. The van der Waals surface area contributed by atoms with Gasteiger partial charge in [-0.15, -0.1) is 0 Å². The van der Waals surface area contributed by atoms with Gasteiger partial charge in [-0.25, -0.2) is 8.42 Å². The first-order chi connectivity index (χ1) is 13.0. The predicted octanol–water partition coefficient (Wildman–Crippen LogP) is 4.82. The lowest BCUT2D eigenvalue weighted by Crippen LogP contribution is -2.13. The smallest absolute Gasteiger partial charge is 0.261 e. The van der Waals surface area contributed by atoms with Crippen molar-refractivity contribution >= 4 is 43.8 Å². The number of aromatic nitrogens is 1. The summed E-state index contributed by atoms with van der Waals surface area (Å²) in [6.45, 7) is 0. The van der Waals surface area contributed by atoms with Crippen molar-refractivity contribution in [2.45, 2.75) is 4.90 Å². The summed E-state index contributed by atoms with van der Waals surface area (Å²) in [4.78, 5) is 4.37. The van der Waals surface area contributed by atoms with Gasteiger partial charge < -0.3 is 4.74 Å². The van der Waals surface area contributed by atoms with Crippen LogP contribution in [0, 0.1) is 0 Å². The van der Waals surface area contributed by atoms with E-state index in [9.17, 15) is 8.42 Å². The molecular weight excluding hydrogens is 428 g/mol. The van der Waals surface area contributed by atoms with Crippen molar-refractivity contribution in [3.05, 3.63) is 82.6 Å². The molecule has 0 radical (unpaired) electrons. The van der Waals surface area contributed by atoms with Crippen LogP contribution in [-0.4, -0.2) is 20.5 Å². The highest BCUT2D eigenvalue weighted by molar-refractivity contribution is 9.10. The van der Waals surface area contributed by atoms with Gasteiger partial charge >= 0.3 is 0 Å². The van der Waals surface area contributed by atoms with E-state index in [2.05, 4.69) is 25.6 Å². The second kappa shape index (κ2) is 8.37. The fourth-order valence-corrected chi connectivity index (χ4v) is 4.16. The zero-order valence-electron chi connectivity index (χ0n) is 14.5. The summed E-state index contributed by atoms with van der Waals surface area (Å²) in [5, 5.41) is 0. The summed E-state index contributed by atoms with van der Waals surface area (Å²) < 4.78 is 33.6. The molecule has 3 rings (SSSR count). The Labute approximate surface area is 166 Å². The predicted molar refractivity (Wildman–Crippen MR) is 111 cm³/mol. The molecule has 1 aromatic heterocycles. The minimum atomic E-state index is -3.72. The SMILES string of the molecule is COc1ccc(S(=O)(=O)Nc2cccc(/C=C/c3ccccn3)c2)cc1Br. The Hall–Kier alpha value is -2.64. The van der Waals surface area contributed by atoms with Crippen LogP contribution >= 0.6 is 15.9 Å². The molecule has 0 amide bonds. The van der Waals surface area contributed by atoms with Crippen molar-refractivity contribution in [3.63, 3.8) is 0 Å². The van der Waals surface area contributed by atoms with Gasteiger partial charge in [0.1, 0.15) is 5.75 Å². The monoisotopic (exact) mass is 444 g/mol. The molecule has 0 saturated heterocycles. The van der Waals surface area contributed by atoms with E-state index in [1.807, 2.05) is 36.4 Å². The summed E-state index contributed by atoms with van der Waals surface area (Å²) in [5.74, 6) is 0.565. The molecule has 0 aliphatic rings. The van der Waals surface area contributed by atoms with Crippen LogP contribution in [0.25, 0.3) is 12.2 Å². The Morgan fingerprint density at radius 1 is 1.04 bits per heavy atom. The molecule has 7 heteroatoms. The lowest BCUT2D eigenvalue weighted by molar-refractivity contribution is 0.411. The third-order valence-corrected chi connectivity index (χ3v) is 5.71. The van der Waals surface area contributed by atoms with Crippen LogP contribution in [0.3, 0.4) is 0 Å². The van der Waals surface area contributed by atoms with Crippen molar-refractivity contribution in [1.29, 1.82) is 0 Å². The molecule has 1 N–H and O–H groups in total. The van der Waals surface area contributed by atoms with Gasteiger partial charge in [-0.05, 0) is 70.0 Å². The van der Waals surface area contributed by atoms with E-state index in [0.717, 1.165) is 11.3 Å². The number of anilines is 1. The summed E-state index contributed by atoms with van der Waals surface area (Å²) in [6.07, 6.45) is 5.47. The fraction of sp³-hybridized carbons (Fsp3) is 0.0500. The number of halogens is 1. The van der Waals surface area contributed by atoms with E-state index in [1.165, 1.54) is 19.2 Å². The molecule has 1 heterocycles. The van der Waals surface area contributed by atoms with Crippen LogP contribution in [-0.2, 0) is 10.0 Å². The first-order valence-corrected chi connectivity index (χ1v) is 10.3. The van der Waals surface area contributed by atoms with Crippen LogP contribution in [0.15, 0.2) is 76.2 Å². The van der Waals surface area contributed by atoms with Crippen molar-refractivity contribution in [2.24, 2.45) is 0 Å². The third-order valence-electron chi connectivity index (χ3n) is 3.71. The van der Waals surface area contributed by atoms with E-state index in [0.29, 0.717) is 15.9 Å². The molecule has 5 nitrogen and oxygen atoms in total. The maximum absolute atomic E-state index is 12.6. The first kappa shape index (κ1) is 19.1. The third kappa shape index (κ3) is 4.96. The molecule has 0 aliphatic heterocycles. The van der Waals surface area contributed by atoms with Crippen LogP contribution in [0.4, 0.5) is 5.69 Å². The molecule has 0 atom stereocenters. The van der Waals surface area contributed by atoms with Crippen molar-refractivity contribution in [1.82, 2.24) is 4.98 Å². The Morgan fingerprint density at radius 3 is 2.59 bits per heavy atom. The summed E-state index contributed by atoms with van der Waals surface area (Å²) in [7, 11) is -2.19. The molecule has 0 unspecified atom stereocenters. The fourth-order valence-electron chi connectivity index (χ4n) is 2.39. The highest BCUT2D eigenvalue weighted by Gasteiger charge is 2.16. The van der Waals surface area contributed by atoms with Crippen LogP contribution in [0.5, 0.6) is 5.75 Å². The lowest BCUT2D eigenvalue weighted by atomic mass is 10.2. The van der Waals surface area contributed by atoms with E-state index in [-0.39, 0.29) is 4.90 Å². The quantitative estimate of drug-likeness (QED) is 0.591. The summed E-state index contributed by atoms with van der Waals surface area (Å²) >= 11 is 3.31. The maximum Gasteiger partial charge on any atom is 0.261 e. The highest BCUT2D eigenvalue weighted by Crippen LogP contribution is 2.28. The van der Waals surface area contributed by atoms with Crippen LogP contribution in [0.2, 0.25) is 0 Å². The summed E-state index contributed by atoms with van der Waals surface area (Å²) in [6, 6.07) is 17.4. The number of ether oxygens (including phenoxy) is 1. The Morgan fingerprint density at radius 2 is 1.89 bits per heavy atom. The van der Waals surface area contributed by atoms with Gasteiger partial charge in [0.25, 0.3) is 10.0 Å². The minimum absolute atomic E-state index is 0.143. The number of rotatable bonds is 6. The zero-order chi connectivity index (χ0) is 19.3. The normalized spacial score (nSPS) is 11.5. The van der Waals surface area contributed by atoms with Gasteiger partial charge in [0.05, 0.1) is 22.2 Å². The Kier molecular flexibility index (Phi) is 5.93. The number of benzene rings is 2. The number of nitrogens with one attached hydrogen (secondary N) is 1. The van der Waals surface area contributed by atoms with Crippen LogP contribution in [0.1, 0.15) is 11.3 Å². The topological polar surface area (TPSA) is 68.3 Å². The van der Waals surface area contributed by atoms with E-state index in [4.69, 9.17) is 4.74 Å². The molecule has 0 saturated carbocycles. The molecular formula is C20H17BrN2O3S. The van der Waals surface area contributed by atoms with Crippen molar-refractivity contribution < 1.29 is 13.2 Å². The van der Waals surface area contributed by atoms with Gasteiger partial charge in [0.2, 0.25) is 0 Å². The van der Waals surface area contributed by atoms with E-state index < -0.39 is 10.0 Å². The van der Waals surface area contributed by atoms with Gasteiger partial charge in [-0.3, -0.25) is 9.71 Å². The summed E-state index contributed by atoms with van der Waals surface area (Å²) in [5.41, 5.74) is 2.16. The largest absolute Gasteiger partial charge is 0.496 e. The molecule has 3 aromatic rings. The highest BCUT2D eigenvalue weighted by atomic mass is 79.9. The second-order valence-corrected chi connectivity index (χ2v) is 8.15. The number of pyridine rings is 1. The first-order valence-electron chi connectivity index (χ1n) is 8.03. The molecule has 0 bridgehead atoms. The minimum Gasteiger partial charge on any atom is -0.496 e. The number of hydrogen-bond donors (Lipinski definition) is 1. The van der Waals surface area contributed by atoms with E-state index in [1.54, 1.807) is 30.5 Å². The molecule has 138 valence electrons. The second-order valence-electron chi connectivity index (χ2n) is 5.62. The number of methoxy groups -OCH3 is 1. The lowest BCUT2D eigenvalue weighted by Gasteiger charge is -2.10. The number of sulfonamides is 1. The number of hydrogen-bond acceptors (Lipinski definition) is 4. The average molecular weight is 445 g/mol. The van der Waals surface area contributed by atoms with Gasteiger partial charge in [-0.2, -0.15) is 0 Å². The van der Waals surface area contributed by atoms with Crippen LogP contribution < -0.4 is 9.46 Å². The van der Waals surface area contributed by atoms with Gasteiger partial charge in [0.15, 0.2) is 0 Å². The number of nitrogens with zero attached hydrogens (tertiary/aromatic N) is 1. The molecule has 27 heavy (non-hydrogen) atoms. The van der Waals surface area contributed by atoms with Crippen molar-refractivity contribution in [3.8, 4) is 5.75 Å². The molecule has 0 fully saturated rings. The van der Waals surface area contributed by atoms with E-state index >= 15 is 0 Å². The average Bonchev–Trinajstić information content (AvgIpc) is 2.67. The van der Waals surface area contributed by atoms with Gasteiger partial charge in [0, 0.05) is 11.9 Å². The zero-order valence-corrected chi connectivity index (χ0v) is 16.9. The molecule has 0 aliphatic carbocycles.